The van der Waals surface area contributed by atoms with Gasteiger partial charge in [-0.1, -0.05) is 12.1 Å². The van der Waals surface area contributed by atoms with Crippen molar-refractivity contribution in [3.05, 3.63) is 48.3 Å². The van der Waals surface area contributed by atoms with Gasteiger partial charge >= 0.3 is 0 Å². The summed E-state index contributed by atoms with van der Waals surface area (Å²) in [5.41, 5.74) is 2.39. The highest BCUT2D eigenvalue weighted by molar-refractivity contribution is 5.33. The first-order valence-electron chi connectivity index (χ1n) is 7.59. The van der Waals surface area contributed by atoms with Crippen LogP contribution < -0.4 is 5.32 Å². The molecule has 1 N–H and O–H groups in total. The largest absolute Gasteiger partial charge is 0.375 e. The number of nitrogens with one attached hydrogen (secondary N) is 1. The van der Waals surface area contributed by atoms with E-state index in [1.807, 2.05) is 16.9 Å². The van der Waals surface area contributed by atoms with Crippen molar-refractivity contribution in [2.75, 3.05) is 6.61 Å². The van der Waals surface area contributed by atoms with Crippen molar-refractivity contribution in [1.29, 1.82) is 0 Å². The minimum Gasteiger partial charge on any atom is -0.375 e. The van der Waals surface area contributed by atoms with Gasteiger partial charge in [0, 0.05) is 31.6 Å². The molecule has 0 saturated carbocycles. The molecule has 0 amide bonds. The van der Waals surface area contributed by atoms with Crippen LogP contribution in [0.4, 0.5) is 0 Å². The average Bonchev–Trinajstić information content (AvgIpc) is 2.99. The summed E-state index contributed by atoms with van der Waals surface area (Å²) in [6.45, 7) is 6.09. The van der Waals surface area contributed by atoms with E-state index in [9.17, 15) is 0 Å². The molecule has 2 heterocycles. The van der Waals surface area contributed by atoms with Gasteiger partial charge in [0.15, 0.2) is 0 Å². The van der Waals surface area contributed by atoms with Crippen LogP contribution in [0.3, 0.4) is 0 Å². The number of aromatic nitrogens is 2. The van der Waals surface area contributed by atoms with Crippen LogP contribution in [0.5, 0.6) is 0 Å². The van der Waals surface area contributed by atoms with Crippen molar-refractivity contribution in [2.24, 2.45) is 0 Å². The zero-order chi connectivity index (χ0) is 14.7. The molecule has 1 fully saturated rings. The summed E-state index contributed by atoms with van der Waals surface area (Å²) in [4.78, 5) is 0. The van der Waals surface area contributed by atoms with Crippen LogP contribution >= 0.6 is 0 Å². The van der Waals surface area contributed by atoms with Crippen molar-refractivity contribution in [3.63, 3.8) is 0 Å². The highest BCUT2D eigenvalue weighted by atomic mass is 16.5. The van der Waals surface area contributed by atoms with Gasteiger partial charge in [0.05, 0.1) is 11.3 Å². The molecule has 1 aromatic carbocycles. The van der Waals surface area contributed by atoms with Crippen LogP contribution in [-0.4, -0.2) is 28.0 Å². The number of hydrogen-bond acceptors (Lipinski definition) is 3. The molecule has 21 heavy (non-hydrogen) atoms. The molecular weight excluding hydrogens is 262 g/mol. The Hall–Kier alpha value is -1.65. The number of rotatable bonds is 4. The van der Waals surface area contributed by atoms with Crippen molar-refractivity contribution in [1.82, 2.24) is 15.1 Å². The fraction of sp³-hybridized carbons (Fsp3) is 0.471. The van der Waals surface area contributed by atoms with Gasteiger partial charge in [0.1, 0.15) is 0 Å². The molecule has 1 aliphatic heterocycles. The molecule has 0 aliphatic carbocycles. The van der Waals surface area contributed by atoms with Crippen LogP contribution in [0.2, 0.25) is 0 Å². The quantitative estimate of drug-likeness (QED) is 0.939. The maximum Gasteiger partial charge on any atom is 0.0645 e. The van der Waals surface area contributed by atoms with Crippen molar-refractivity contribution >= 4 is 0 Å². The van der Waals surface area contributed by atoms with E-state index in [2.05, 4.69) is 48.5 Å². The van der Waals surface area contributed by atoms with E-state index in [4.69, 9.17) is 4.74 Å². The Morgan fingerprint density at radius 2 is 2.14 bits per heavy atom. The maximum atomic E-state index is 5.75. The fourth-order valence-electron chi connectivity index (χ4n) is 2.86. The first-order valence-corrected chi connectivity index (χ1v) is 7.59. The normalized spacial score (nSPS) is 21.3. The van der Waals surface area contributed by atoms with Crippen molar-refractivity contribution in [2.45, 2.75) is 44.9 Å². The highest BCUT2D eigenvalue weighted by Crippen LogP contribution is 2.24. The molecule has 4 heteroatoms. The minimum absolute atomic E-state index is 0.000133. The molecule has 2 aromatic rings. The van der Waals surface area contributed by atoms with Gasteiger partial charge in [0.25, 0.3) is 0 Å². The average molecular weight is 285 g/mol. The van der Waals surface area contributed by atoms with E-state index in [1.54, 1.807) is 6.20 Å². The van der Waals surface area contributed by atoms with E-state index in [0.717, 1.165) is 31.7 Å². The van der Waals surface area contributed by atoms with E-state index in [0.29, 0.717) is 6.04 Å². The van der Waals surface area contributed by atoms with Crippen molar-refractivity contribution < 1.29 is 4.74 Å². The second-order valence-electron chi connectivity index (χ2n) is 6.30. The van der Waals surface area contributed by atoms with Gasteiger partial charge in [-0.3, -0.25) is 0 Å². The van der Waals surface area contributed by atoms with Gasteiger partial charge in [-0.2, -0.15) is 5.10 Å². The fourth-order valence-corrected chi connectivity index (χ4v) is 2.86. The zero-order valence-electron chi connectivity index (χ0n) is 12.7. The summed E-state index contributed by atoms with van der Waals surface area (Å²) in [6, 6.07) is 11.0. The topological polar surface area (TPSA) is 39.1 Å². The van der Waals surface area contributed by atoms with E-state index in [-0.39, 0.29) is 5.60 Å². The van der Waals surface area contributed by atoms with Crippen LogP contribution in [0.1, 0.15) is 32.3 Å². The van der Waals surface area contributed by atoms with E-state index < -0.39 is 0 Å². The summed E-state index contributed by atoms with van der Waals surface area (Å²) in [6.07, 6.45) is 5.91. The van der Waals surface area contributed by atoms with E-state index >= 15 is 0 Å². The second-order valence-corrected chi connectivity index (χ2v) is 6.30. The Bertz CT molecular complexity index is 560. The Morgan fingerprint density at radius 1 is 1.33 bits per heavy atom. The number of benzene rings is 1. The van der Waals surface area contributed by atoms with Gasteiger partial charge in [-0.15, -0.1) is 0 Å². The lowest BCUT2D eigenvalue weighted by atomic mass is 9.94. The summed E-state index contributed by atoms with van der Waals surface area (Å²) in [5.74, 6) is 0. The van der Waals surface area contributed by atoms with E-state index in [1.165, 1.54) is 5.56 Å². The third-order valence-corrected chi connectivity index (χ3v) is 4.00. The first-order chi connectivity index (χ1) is 10.1. The lowest BCUT2D eigenvalue weighted by Gasteiger charge is -2.36. The summed E-state index contributed by atoms with van der Waals surface area (Å²) >= 11 is 0. The Kier molecular flexibility index (Phi) is 4.08. The maximum absolute atomic E-state index is 5.75. The summed E-state index contributed by atoms with van der Waals surface area (Å²) < 4.78 is 7.63. The molecule has 0 bridgehead atoms. The van der Waals surface area contributed by atoms with Crippen LogP contribution in [-0.2, 0) is 11.3 Å². The van der Waals surface area contributed by atoms with Crippen LogP contribution in [0.15, 0.2) is 42.7 Å². The third kappa shape index (κ3) is 3.71. The highest BCUT2D eigenvalue weighted by Gasteiger charge is 2.28. The molecule has 1 aromatic heterocycles. The smallest absolute Gasteiger partial charge is 0.0645 e. The zero-order valence-corrected chi connectivity index (χ0v) is 12.7. The Labute approximate surface area is 126 Å². The monoisotopic (exact) mass is 285 g/mol. The molecule has 1 saturated heterocycles. The molecule has 0 radical (unpaired) electrons. The molecule has 4 nitrogen and oxygen atoms in total. The minimum atomic E-state index is -0.000133. The molecule has 1 aliphatic rings. The van der Waals surface area contributed by atoms with Crippen molar-refractivity contribution in [3.8, 4) is 5.69 Å². The third-order valence-electron chi connectivity index (χ3n) is 4.00. The predicted molar refractivity (Wildman–Crippen MR) is 83.5 cm³/mol. The van der Waals surface area contributed by atoms with Gasteiger partial charge < -0.3 is 10.1 Å². The van der Waals surface area contributed by atoms with Crippen LogP contribution in [0.25, 0.3) is 5.69 Å². The first kappa shape index (κ1) is 14.3. The second kappa shape index (κ2) is 6.00. The Morgan fingerprint density at radius 3 is 2.81 bits per heavy atom. The SMILES string of the molecule is CC1(C)CC(NCc2ccc(-n3cccn3)cc2)CCO1. The van der Waals surface area contributed by atoms with Gasteiger partial charge in [0.2, 0.25) is 0 Å². The summed E-state index contributed by atoms with van der Waals surface area (Å²) in [7, 11) is 0. The molecule has 3 rings (SSSR count). The standard InChI is InChI=1S/C17H23N3O/c1-17(2)12-15(8-11-21-17)18-13-14-4-6-16(7-5-14)20-10-3-9-19-20/h3-7,9-10,15,18H,8,11-13H2,1-2H3. The summed E-state index contributed by atoms with van der Waals surface area (Å²) in [5, 5.41) is 7.88. The number of nitrogens with zero attached hydrogens (tertiary/aromatic N) is 2. The number of hydrogen-bond donors (Lipinski definition) is 1. The van der Waals surface area contributed by atoms with Gasteiger partial charge in [-0.05, 0) is 50.5 Å². The van der Waals surface area contributed by atoms with Gasteiger partial charge in [-0.25, -0.2) is 4.68 Å². The lowest BCUT2D eigenvalue weighted by molar-refractivity contribution is -0.0630. The number of ether oxygens (including phenoxy) is 1. The molecule has 112 valence electrons. The Balaban J connectivity index is 1.56. The molecular formula is C17H23N3O. The molecule has 0 spiro atoms. The predicted octanol–water partition coefficient (Wildman–Crippen LogP) is 2.92. The lowest BCUT2D eigenvalue weighted by Crippen LogP contribution is -2.43. The van der Waals surface area contributed by atoms with Crippen LogP contribution in [0, 0.1) is 0 Å². The molecule has 1 unspecified atom stereocenters. The molecule has 1 atom stereocenters.